The second-order valence-corrected chi connectivity index (χ2v) is 8.60. The number of pyridine rings is 1. The summed E-state index contributed by atoms with van der Waals surface area (Å²) in [5, 5.41) is 4.69. The molecule has 5 nitrogen and oxygen atoms in total. The van der Waals surface area contributed by atoms with Crippen LogP contribution >= 0.6 is 0 Å². The van der Waals surface area contributed by atoms with Gasteiger partial charge in [0.15, 0.2) is 0 Å². The summed E-state index contributed by atoms with van der Waals surface area (Å²) >= 11 is 0. The molecular formula is C27H45N5. The predicted molar refractivity (Wildman–Crippen MR) is 139 cm³/mol. The van der Waals surface area contributed by atoms with Gasteiger partial charge in [-0.15, -0.1) is 0 Å². The Balaban J connectivity index is 2.87. The molecule has 0 aliphatic rings. The van der Waals surface area contributed by atoms with Crippen LogP contribution < -0.4 is 16.9 Å². The molecule has 0 unspecified atom stereocenters. The van der Waals surface area contributed by atoms with Crippen molar-refractivity contribution < 1.29 is 0 Å². The molecule has 0 aliphatic carbocycles. The van der Waals surface area contributed by atoms with E-state index in [1.807, 2.05) is 25.1 Å². The van der Waals surface area contributed by atoms with Crippen LogP contribution in [0.1, 0.15) is 89.1 Å². The summed E-state index contributed by atoms with van der Waals surface area (Å²) in [5.74, 6) is 6.63. The third kappa shape index (κ3) is 10.2. The van der Waals surface area contributed by atoms with Gasteiger partial charge < -0.3 is 11.1 Å². The minimum atomic E-state index is 0.497. The number of rotatable bonds is 15. The fourth-order valence-electron chi connectivity index (χ4n) is 3.45. The first-order valence-corrected chi connectivity index (χ1v) is 12.0. The number of aromatic nitrogens is 1. The molecule has 1 heterocycles. The number of aryl methyl sites for hydroxylation is 2. The van der Waals surface area contributed by atoms with Crippen LogP contribution in [-0.2, 0) is 6.42 Å². The molecule has 0 spiro atoms. The molecule has 0 aliphatic heterocycles. The molecule has 0 saturated carbocycles. The summed E-state index contributed by atoms with van der Waals surface area (Å²) < 4.78 is 0. The largest absolute Gasteiger partial charge is 0.394 e. The average Bonchev–Trinajstić information content (AvgIpc) is 2.76. The summed E-state index contributed by atoms with van der Waals surface area (Å²) in [4.78, 5) is 4.75. The first kappa shape index (κ1) is 27.5. The zero-order valence-corrected chi connectivity index (χ0v) is 21.0. The molecule has 5 heteroatoms. The van der Waals surface area contributed by atoms with E-state index in [9.17, 15) is 0 Å². The van der Waals surface area contributed by atoms with Crippen molar-refractivity contribution in [1.82, 2.24) is 15.3 Å². The van der Waals surface area contributed by atoms with Gasteiger partial charge >= 0.3 is 0 Å². The van der Waals surface area contributed by atoms with Gasteiger partial charge in [0.05, 0.1) is 5.69 Å². The number of allylic oxidation sites excluding steroid dienone is 4. The standard InChI is InChI=1S/C27H45N5/c1-7-9-11-12-13-18-24-19-20-25(31-23(24)5)26(28)27(32(6)29)30-22(4)17-14-16-21(3)15-10-8-2/h14,16-17,19-20,30H,4,7-13,15,18,28-29H2,1-3,5-6H3/b17-14-,21-16+,27-26-. The van der Waals surface area contributed by atoms with Gasteiger partial charge in [-0.1, -0.05) is 76.3 Å². The van der Waals surface area contributed by atoms with E-state index in [0.717, 1.165) is 18.5 Å². The SMILES string of the molecule is C=C(/C=C\C=C(/C)CCCC)N/C(=C(/N)c1ccc(CCCCCCC)c(C)n1)N(C)N. The summed E-state index contributed by atoms with van der Waals surface area (Å²) in [5.41, 5.74) is 12.0. The van der Waals surface area contributed by atoms with E-state index in [1.165, 1.54) is 61.1 Å². The Hall–Kier alpha value is -2.53. The van der Waals surface area contributed by atoms with Gasteiger partial charge in [-0.3, -0.25) is 9.99 Å². The molecule has 0 aromatic carbocycles. The molecule has 0 fully saturated rings. The summed E-state index contributed by atoms with van der Waals surface area (Å²) in [6.45, 7) is 12.7. The lowest BCUT2D eigenvalue weighted by atomic mass is 10.0. The van der Waals surface area contributed by atoms with Crippen molar-refractivity contribution in [2.45, 2.75) is 85.5 Å². The van der Waals surface area contributed by atoms with E-state index in [-0.39, 0.29) is 0 Å². The molecule has 178 valence electrons. The zero-order valence-electron chi connectivity index (χ0n) is 21.0. The maximum Gasteiger partial charge on any atom is 0.146 e. The first-order chi connectivity index (χ1) is 15.3. The third-order valence-electron chi connectivity index (χ3n) is 5.51. The Morgan fingerprint density at radius 2 is 1.81 bits per heavy atom. The molecule has 1 rings (SSSR count). The molecule has 0 saturated heterocycles. The Morgan fingerprint density at radius 3 is 2.44 bits per heavy atom. The highest BCUT2D eigenvalue weighted by Crippen LogP contribution is 2.17. The summed E-state index contributed by atoms with van der Waals surface area (Å²) in [7, 11) is 1.75. The number of hydrogen-bond donors (Lipinski definition) is 3. The molecule has 0 atom stereocenters. The average molecular weight is 440 g/mol. The number of nitrogens with one attached hydrogen (secondary N) is 1. The van der Waals surface area contributed by atoms with Crippen LogP contribution in [0.25, 0.3) is 5.70 Å². The minimum absolute atomic E-state index is 0.497. The van der Waals surface area contributed by atoms with Gasteiger partial charge in [-0.05, 0) is 57.2 Å². The second kappa shape index (κ2) is 15.3. The van der Waals surface area contributed by atoms with E-state index < -0.39 is 0 Å². The number of hydrazine groups is 1. The van der Waals surface area contributed by atoms with Crippen molar-refractivity contribution in [2.75, 3.05) is 7.05 Å². The van der Waals surface area contributed by atoms with Crippen LogP contribution in [0.5, 0.6) is 0 Å². The minimum Gasteiger partial charge on any atom is -0.394 e. The fourth-order valence-corrected chi connectivity index (χ4v) is 3.45. The summed E-state index contributed by atoms with van der Waals surface area (Å²) in [6.07, 6.45) is 17.0. The Kier molecular flexibility index (Phi) is 13.2. The van der Waals surface area contributed by atoms with Gasteiger partial charge in [0.25, 0.3) is 0 Å². The lowest BCUT2D eigenvalue weighted by Crippen LogP contribution is -2.35. The molecule has 1 aromatic rings. The van der Waals surface area contributed by atoms with E-state index in [2.05, 4.69) is 44.8 Å². The maximum atomic E-state index is 6.45. The first-order valence-electron chi connectivity index (χ1n) is 12.0. The van der Waals surface area contributed by atoms with E-state index in [0.29, 0.717) is 22.9 Å². The number of hydrogen-bond acceptors (Lipinski definition) is 5. The van der Waals surface area contributed by atoms with Gasteiger partial charge in [0.2, 0.25) is 0 Å². The van der Waals surface area contributed by atoms with Crippen LogP contribution in [0, 0.1) is 6.92 Å². The normalized spacial score (nSPS) is 12.8. The lowest BCUT2D eigenvalue weighted by Gasteiger charge is -2.21. The third-order valence-corrected chi connectivity index (χ3v) is 5.51. The smallest absolute Gasteiger partial charge is 0.146 e. The van der Waals surface area contributed by atoms with Crippen molar-refractivity contribution in [3.8, 4) is 0 Å². The number of nitrogens with two attached hydrogens (primary N) is 2. The quantitative estimate of drug-likeness (QED) is 0.133. The lowest BCUT2D eigenvalue weighted by molar-refractivity contribution is 0.416. The van der Waals surface area contributed by atoms with E-state index in [1.54, 1.807) is 7.05 Å². The Morgan fingerprint density at radius 1 is 1.12 bits per heavy atom. The molecular weight excluding hydrogens is 394 g/mol. The highest BCUT2D eigenvalue weighted by molar-refractivity contribution is 5.63. The second-order valence-electron chi connectivity index (χ2n) is 8.60. The van der Waals surface area contributed by atoms with Gasteiger partial charge in [-0.2, -0.15) is 0 Å². The maximum absolute atomic E-state index is 6.45. The zero-order chi connectivity index (χ0) is 23.9. The topological polar surface area (TPSA) is 80.2 Å². The van der Waals surface area contributed by atoms with Gasteiger partial charge in [0.1, 0.15) is 11.5 Å². The van der Waals surface area contributed by atoms with Crippen LogP contribution in [0.4, 0.5) is 0 Å². The van der Waals surface area contributed by atoms with Crippen LogP contribution in [0.3, 0.4) is 0 Å². The molecule has 0 amide bonds. The predicted octanol–water partition coefficient (Wildman–Crippen LogP) is 6.09. The highest BCUT2D eigenvalue weighted by Gasteiger charge is 2.12. The number of nitrogens with zero attached hydrogens (tertiary/aromatic N) is 2. The van der Waals surface area contributed by atoms with Crippen molar-refractivity contribution in [3.63, 3.8) is 0 Å². The monoisotopic (exact) mass is 439 g/mol. The van der Waals surface area contributed by atoms with Crippen molar-refractivity contribution >= 4 is 5.70 Å². The Labute approximate surface area is 196 Å². The highest BCUT2D eigenvalue weighted by atomic mass is 15.4. The molecule has 0 bridgehead atoms. The summed E-state index contributed by atoms with van der Waals surface area (Å²) in [6, 6.07) is 4.12. The van der Waals surface area contributed by atoms with E-state index in [4.69, 9.17) is 16.6 Å². The molecule has 5 N–H and O–H groups in total. The van der Waals surface area contributed by atoms with Crippen molar-refractivity contribution in [1.29, 1.82) is 0 Å². The van der Waals surface area contributed by atoms with Gasteiger partial charge in [-0.25, -0.2) is 5.84 Å². The molecule has 1 aromatic heterocycles. The fraction of sp³-hybridized carbons (Fsp3) is 0.519. The van der Waals surface area contributed by atoms with Crippen LogP contribution in [0.2, 0.25) is 0 Å². The van der Waals surface area contributed by atoms with Crippen molar-refractivity contribution in [3.05, 3.63) is 71.0 Å². The van der Waals surface area contributed by atoms with E-state index >= 15 is 0 Å². The number of unbranched alkanes of at least 4 members (excludes halogenated alkanes) is 5. The van der Waals surface area contributed by atoms with Crippen LogP contribution in [-0.4, -0.2) is 17.0 Å². The molecule has 32 heavy (non-hydrogen) atoms. The Bertz CT molecular complexity index is 802. The molecule has 0 radical (unpaired) electrons. The van der Waals surface area contributed by atoms with Crippen LogP contribution in [0.15, 0.2) is 54.0 Å². The van der Waals surface area contributed by atoms with Crippen molar-refractivity contribution in [2.24, 2.45) is 11.6 Å². The van der Waals surface area contributed by atoms with Gasteiger partial charge in [0, 0.05) is 18.4 Å².